The molecule has 126 valence electrons. The molecule has 8 heteroatoms. The van der Waals surface area contributed by atoms with Gasteiger partial charge in [-0.05, 0) is 19.3 Å². The lowest BCUT2D eigenvalue weighted by Crippen LogP contribution is -2.23. The number of phosphoric acid groups is 1. The normalized spacial score (nSPS) is 13.9. The highest BCUT2D eigenvalue weighted by Crippen LogP contribution is 2.49. The number of phosphoric ester groups is 1. The molecule has 0 fully saturated rings. The van der Waals surface area contributed by atoms with Crippen molar-refractivity contribution in [3.63, 3.8) is 0 Å². The van der Waals surface area contributed by atoms with Crippen LogP contribution in [0.1, 0.15) is 52.4 Å². The van der Waals surface area contributed by atoms with Crippen LogP contribution in [0.2, 0.25) is 0 Å². The Kier molecular flexibility index (Phi) is 12.9. The number of unbranched alkanes of at least 4 members (excludes halogenated alkanes) is 3. The van der Waals surface area contributed by atoms with Crippen molar-refractivity contribution < 1.29 is 28.0 Å². The van der Waals surface area contributed by atoms with E-state index in [2.05, 4.69) is 14.9 Å². The Morgan fingerprint density at radius 1 is 1.05 bits per heavy atom. The average molecular weight is 325 g/mol. The smallest absolute Gasteiger partial charge is 0.356 e. The molecule has 0 aromatic heterocycles. The predicted molar refractivity (Wildman–Crippen MR) is 79.7 cm³/mol. The fourth-order valence-corrected chi connectivity index (χ4v) is 2.59. The summed E-state index contributed by atoms with van der Waals surface area (Å²) in [6, 6.07) is 0. The molecular formula is C13H28NO6P. The summed E-state index contributed by atoms with van der Waals surface area (Å²) < 4.78 is 26.7. The molecule has 0 aromatic rings. The Hall–Kier alpha value is -0.460. The number of hydrogen-bond donors (Lipinski definition) is 1. The molecule has 0 heterocycles. The number of nitrogens with one attached hydrogen (secondary N) is 1. The molecule has 0 aromatic carbocycles. The van der Waals surface area contributed by atoms with Gasteiger partial charge in [-0.1, -0.05) is 26.7 Å². The number of carbonyl (C=O) groups is 1. The summed E-state index contributed by atoms with van der Waals surface area (Å²) >= 11 is 0. The van der Waals surface area contributed by atoms with Gasteiger partial charge in [-0.2, -0.15) is 0 Å². The quantitative estimate of drug-likeness (QED) is 0.228. The lowest BCUT2D eigenvalue weighted by molar-refractivity contribution is -0.201. The fourth-order valence-electron chi connectivity index (χ4n) is 1.48. The van der Waals surface area contributed by atoms with Gasteiger partial charge >= 0.3 is 7.82 Å². The van der Waals surface area contributed by atoms with E-state index in [-0.39, 0.29) is 19.1 Å². The minimum atomic E-state index is -3.59. The maximum absolute atomic E-state index is 12.0. The summed E-state index contributed by atoms with van der Waals surface area (Å²) in [5, 5.41) is 2.82. The van der Waals surface area contributed by atoms with Crippen LogP contribution in [-0.4, -0.2) is 32.8 Å². The van der Waals surface area contributed by atoms with Crippen LogP contribution in [0.5, 0.6) is 0 Å². The van der Waals surface area contributed by atoms with Gasteiger partial charge in [0.15, 0.2) is 0 Å². The van der Waals surface area contributed by atoms with Gasteiger partial charge in [0, 0.05) is 13.0 Å². The van der Waals surface area contributed by atoms with Crippen molar-refractivity contribution in [2.45, 2.75) is 52.4 Å². The van der Waals surface area contributed by atoms with Crippen LogP contribution < -0.4 is 5.32 Å². The molecule has 0 bridgehead atoms. The number of hydrogen-bond acceptors (Lipinski definition) is 6. The monoisotopic (exact) mass is 325 g/mol. The maximum Gasteiger partial charge on any atom is 0.502 e. The Bertz CT molecular complexity index is 313. The second-order valence-corrected chi connectivity index (χ2v) is 6.03. The predicted octanol–water partition coefficient (Wildman–Crippen LogP) is 3.20. The van der Waals surface area contributed by atoms with Gasteiger partial charge in [-0.3, -0.25) is 13.8 Å². The Morgan fingerprint density at radius 3 is 2.33 bits per heavy atom. The molecule has 1 N–H and O–H groups in total. The molecule has 0 spiro atoms. The molecule has 1 atom stereocenters. The first-order valence-corrected chi connectivity index (χ1v) is 8.92. The maximum atomic E-state index is 12.0. The van der Waals surface area contributed by atoms with E-state index in [0.29, 0.717) is 19.4 Å². The molecule has 0 radical (unpaired) electrons. The Labute approximate surface area is 127 Å². The lowest BCUT2D eigenvalue weighted by Gasteiger charge is -2.15. The standard InChI is InChI=1S/C13H28NO6P/c1-4-11-18-21(16,20-17-3)19-12-9-7-6-8-10-14-13(15)5-2/h4-12H2,1-3H3,(H,14,15). The highest BCUT2D eigenvalue weighted by molar-refractivity contribution is 7.48. The zero-order chi connectivity index (χ0) is 16.0. The van der Waals surface area contributed by atoms with Gasteiger partial charge in [0.1, 0.15) is 0 Å². The van der Waals surface area contributed by atoms with Crippen LogP contribution in [0.15, 0.2) is 0 Å². The van der Waals surface area contributed by atoms with Crippen molar-refractivity contribution in [3.05, 3.63) is 0 Å². The molecule has 1 amide bonds. The summed E-state index contributed by atoms with van der Waals surface area (Å²) in [5.74, 6) is 0.0732. The molecule has 0 aliphatic carbocycles. The lowest BCUT2D eigenvalue weighted by atomic mass is 10.2. The first-order valence-electron chi connectivity index (χ1n) is 7.46. The van der Waals surface area contributed by atoms with E-state index < -0.39 is 7.82 Å². The van der Waals surface area contributed by atoms with Crippen LogP contribution in [0.25, 0.3) is 0 Å². The molecule has 0 aliphatic heterocycles. The Morgan fingerprint density at radius 2 is 1.71 bits per heavy atom. The zero-order valence-corrected chi connectivity index (χ0v) is 14.2. The fraction of sp³-hybridized carbons (Fsp3) is 0.923. The van der Waals surface area contributed by atoms with Crippen molar-refractivity contribution in [3.8, 4) is 0 Å². The van der Waals surface area contributed by atoms with Crippen molar-refractivity contribution >= 4 is 13.7 Å². The highest BCUT2D eigenvalue weighted by Gasteiger charge is 2.27. The van der Waals surface area contributed by atoms with Crippen molar-refractivity contribution in [2.75, 3.05) is 26.9 Å². The summed E-state index contributed by atoms with van der Waals surface area (Å²) in [7, 11) is -2.33. The second kappa shape index (κ2) is 13.2. The third kappa shape index (κ3) is 11.8. The summed E-state index contributed by atoms with van der Waals surface area (Å²) in [6.07, 6.45) is 4.78. The van der Waals surface area contributed by atoms with Gasteiger partial charge in [0.25, 0.3) is 0 Å². The zero-order valence-electron chi connectivity index (χ0n) is 13.3. The molecule has 1 unspecified atom stereocenters. The number of carbonyl (C=O) groups excluding carboxylic acids is 1. The summed E-state index contributed by atoms with van der Waals surface area (Å²) in [5.41, 5.74) is 0. The number of amides is 1. The molecule has 0 aliphatic rings. The van der Waals surface area contributed by atoms with Crippen molar-refractivity contribution in [1.82, 2.24) is 5.32 Å². The first kappa shape index (κ1) is 20.5. The van der Waals surface area contributed by atoms with Crippen LogP contribution >= 0.6 is 7.82 Å². The van der Waals surface area contributed by atoms with Crippen LogP contribution in [-0.2, 0) is 28.0 Å². The molecule has 0 saturated heterocycles. The van der Waals surface area contributed by atoms with E-state index in [0.717, 1.165) is 25.7 Å². The van der Waals surface area contributed by atoms with Gasteiger partial charge < -0.3 is 5.32 Å². The SMILES string of the molecule is CCCOP(=O)(OCCCCCCNC(=O)CC)OOC. The van der Waals surface area contributed by atoms with E-state index in [1.54, 1.807) is 0 Å². The summed E-state index contributed by atoms with van der Waals surface area (Å²) in [4.78, 5) is 15.4. The van der Waals surface area contributed by atoms with Crippen LogP contribution in [0.4, 0.5) is 0 Å². The molecule has 0 saturated carbocycles. The summed E-state index contributed by atoms with van der Waals surface area (Å²) in [6.45, 7) is 4.99. The molecule has 0 rings (SSSR count). The van der Waals surface area contributed by atoms with Gasteiger partial charge in [-0.25, -0.2) is 9.45 Å². The minimum Gasteiger partial charge on any atom is -0.356 e. The average Bonchev–Trinajstić information content (AvgIpc) is 2.48. The van der Waals surface area contributed by atoms with Gasteiger partial charge in [0.2, 0.25) is 5.91 Å². The van der Waals surface area contributed by atoms with Crippen molar-refractivity contribution in [2.24, 2.45) is 0 Å². The highest BCUT2D eigenvalue weighted by atomic mass is 31.2. The van der Waals surface area contributed by atoms with Crippen molar-refractivity contribution in [1.29, 1.82) is 0 Å². The minimum absolute atomic E-state index is 0.0732. The third-order valence-corrected chi connectivity index (χ3v) is 3.91. The Balaban J connectivity index is 3.62. The van der Waals surface area contributed by atoms with Gasteiger partial charge in [-0.15, -0.1) is 4.67 Å². The van der Waals surface area contributed by atoms with E-state index >= 15 is 0 Å². The molecular weight excluding hydrogens is 297 g/mol. The van der Waals surface area contributed by atoms with Crippen LogP contribution in [0.3, 0.4) is 0 Å². The van der Waals surface area contributed by atoms with E-state index in [1.165, 1.54) is 7.11 Å². The molecule has 21 heavy (non-hydrogen) atoms. The van der Waals surface area contributed by atoms with E-state index in [9.17, 15) is 9.36 Å². The first-order chi connectivity index (χ1) is 10.1. The topological polar surface area (TPSA) is 83.1 Å². The second-order valence-electron chi connectivity index (χ2n) is 4.47. The molecule has 7 nitrogen and oxygen atoms in total. The van der Waals surface area contributed by atoms with E-state index in [4.69, 9.17) is 9.05 Å². The largest absolute Gasteiger partial charge is 0.502 e. The van der Waals surface area contributed by atoms with Crippen LogP contribution in [0, 0.1) is 0 Å². The third-order valence-electron chi connectivity index (χ3n) is 2.58. The number of rotatable bonds is 14. The van der Waals surface area contributed by atoms with Gasteiger partial charge in [0.05, 0.1) is 20.3 Å². The van der Waals surface area contributed by atoms with E-state index in [1.807, 2.05) is 13.8 Å².